The van der Waals surface area contributed by atoms with Gasteiger partial charge in [0.05, 0.1) is 10.6 Å². The minimum atomic E-state index is -3.47. The third-order valence-electron chi connectivity index (χ3n) is 3.00. The molecule has 0 atom stereocenters. The van der Waals surface area contributed by atoms with E-state index in [-0.39, 0.29) is 10.5 Å². The van der Waals surface area contributed by atoms with Gasteiger partial charge in [0.2, 0.25) is 10.0 Å². The van der Waals surface area contributed by atoms with Crippen LogP contribution in [0.5, 0.6) is 5.75 Å². The van der Waals surface area contributed by atoms with Gasteiger partial charge in [0, 0.05) is 14.1 Å². The quantitative estimate of drug-likeness (QED) is 0.841. The Morgan fingerprint density at radius 3 is 2.32 bits per heavy atom. The number of ether oxygens (including phenoxy) is 1. The van der Waals surface area contributed by atoms with Crippen LogP contribution < -0.4 is 10.5 Å². The van der Waals surface area contributed by atoms with Crippen molar-refractivity contribution in [1.29, 1.82) is 0 Å². The first-order valence-electron chi connectivity index (χ1n) is 6.11. The van der Waals surface area contributed by atoms with Gasteiger partial charge in [-0.15, -0.1) is 0 Å². The smallest absolute Gasteiger partial charge is 0.242 e. The molecule has 0 unspecified atom stereocenters. The number of nitrogens with zero attached hydrogens (tertiary/aromatic N) is 1. The van der Waals surface area contributed by atoms with Gasteiger partial charge in [0.15, 0.2) is 0 Å². The normalized spacial score (nSPS) is 12.7. The molecule has 5 nitrogen and oxygen atoms in total. The Bertz CT molecular complexity index is 551. The topological polar surface area (TPSA) is 72.6 Å². The summed E-state index contributed by atoms with van der Waals surface area (Å²) in [5, 5.41) is 0. The van der Waals surface area contributed by atoms with E-state index < -0.39 is 10.0 Å². The van der Waals surface area contributed by atoms with Crippen LogP contribution in [0.2, 0.25) is 0 Å². The average molecular weight is 286 g/mol. The third-order valence-corrected chi connectivity index (χ3v) is 4.81. The summed E-state index contributed by atoms with van der Waals surface area (Å²) >= 11 is 0. The van der Waals surface area contributed by atoms with E-state index >= 15 is 0 Å². The molecule has 0 bridgehead atoms. The van der Waals surface area contributed by atoms with E-state index in [2.05, 4.69) is 0 Å². The highest BCUT2D eigenvalue weighted by molar-refractivity contribution is 7.89. The second-order valence-electron chi connectivity index (χ2n) is 5.20. The van der Waals surface area contributed by atoms with Crippen LogP contribution >= 0.6 is 0 Å². The maximum Gasteiger partial charge on any atom is 0.242 e. The zero-order valence-corrected chi connectivity index (χ0v) is 12.9. The predicted octanol–water partition coefficient (Wildman–Crippen LogP) is 2.09. The Kier molecular flexibility index (Phi) is 4.47. The Labute approximate surface area is 115 Å². The maximum atomic E-state index is 12.0. The van der Waals surface area contributed by atoms with Crippen molar-refractivity contribution in [3.8, 4) is 5.75 Å². The summed E-state index contributed by atoms with van der Waals surface area (Å²) in [4.78, 5) is 0.164. The molecule has 0 aliphatic carbocycles. The molecule has 19 heavy (non-hydrogen) atoms. The Balaban J connectivity index is 3.12. The first-order valence-corrected chi connectivity index (χ1v) is 7.55. The lowest BCUT2D eigenvalue weighted by Crippen LogP contribution is -2.27. The van der Waals surface area contributed by atoms with E-state index in [9.17, 15) is 8.42 Å². The number of sulfonamides is 1. The van der Waals surface area contributed by atoms with Crippen LogP contribution in [0.1, 0.15) is 27.2 Å². The summed E-state index contributed by atoms with van der Waals surface area (Å²) in [6, 6.07) is 4.53. The summed E-state index contributed by atoms with van der Waals surface area (Å²) in [6.45, 7) is 5.93. The fourth-order valence-corrected chi connectivity index (χ4v) is 2.30. The number of anilines is 1. The molecule has 1 rings (SSSR count). The van der Waals surface area contributed by atoms with Gasteiger partial charge in [-0.05, 0) is 38.5 Å². The summed E-state index contributed by atoms with van der Waals surface area (Å²) in [5.41, 5.74) is 5.86. The van der Waals surface area contributed by atoms with Crippen molar-refractivity contribution < 1.29 is 13.2 Å². The molecule has 108 valence electrons. The van der Waals surface area contributed by atoms with Crippen LogP contribution in [0.25, 0.3) is 0 Å². The molecule has 0 heterocycles. The van der Waals surface area contributed by atoms with E-state index in [4.69, 9.17) is 10.5 Å². The molecule has 0 amide bonds. The molecule has 1 aromatic carbocycles. The second-order valence-corrected chi connectivity index (χ2v) is 7.35. The lowest BCUT2D eigenvalue weighted by Gasteiger charge is -2.26. The molecule has 0 radical (unpaired) electrons. The molecular weight excluding hydrogens is 264 g/mol. The Hall–Kier alpha value is -1.27. The minimum absolute atomic E-state index is 0.164. The summed E-state index contributed by atoms with van der Waals surface area (Å²) < 4.78 is 30.9. The van der Waals surface area contributed by atoms with E-state index in [0.29, 0.717) is 11.4 Å². The van der Waals surface area contributed by atoms with Crippen molar-refractivity contribution in [2.24, 2.45) is 0 Å². The number of hydrogen-bond acceptors (Lipinski definition) is 4. The molecule has 0 saturated heterocycles. The first kappa shape index (κ1) is 15.8. The molecule has 0 aromatic heterocycles. The van der Waals surface area contributed by atoms with Crippen LogP contribution in [0, 0.1) is 0 Å². The van der Waals surface area contributed by atoms with Crippen LogP contribution in [0.4, 0.5) is 5.69 Å². The number of rotatable bonds is 5. The first-order chi connectivity index (χ1) is 8.60. The fourth-order valence-electron chi connectivity index (χ4n) is 1.36. The minimum Gasteiger partial charge on any atom is -0.486 e. The highest BCUT2D eigenvalue weighted by Gasteiger charge is 2.21. The van der Waals surface area contributed by atoms with Crippen LogP contribution in [0.3, 0.4) is 0 Å². The molecular formula is C13H22N2O3S. The molecule has 6 heteroatoms. The molecule has 1 aromatic rings. The number of nitrogens with two attached hydrogens (primary N) is 1. The van der Waals surface area contributed by atoms with Crippen LogP contribution in [-0.2, 0) is 10.0 Å². The van der Waals surface area contributed by atoms with Gasteiger partial charge in [0.25, 0.3) is 0 Å². The van der Waals surface area contributed by atoms with Gasteiger partial charge in [-0.1, -0.05) is 6.92 Å². The van der Waals surface area contributed by atoms with Crippen molar-refractivity contribution in [2.75, 3.05) is 19.8 Å². The van der Waals surface area contributed by atoms with Crippen molar-refractivity contribution in [3.63, 3.8) is 0 Å². The molecule has 0 fully saturated rings. The lowest BCUT2D eigenvalue weighted by molar-refractivity contribution is 0.106. The number of nitrogen functional groups attached to an aromatic ring is 1. The van der Waals surface area contributed by atoms with E-state index in [1.54, 1.807) is 6.07 Å². The molecule has 0 saturated carbocycles. The van der Waals surface area contributed by atoms with Gasteiger partial charge >= 0.3 is 0 Å². The standard InChI is InChI=1S/C13H22N2O3S/c1-6-13(2,3)18-12-8-7-10(9-11(12)14)19(16,17)15(4)5/h7-9H,6,14H2,1-5H3. The monoisotopic (exact) mass is 286 g/mol. The van der Waals surface area contributed by atoms with Gasteiger partial charge < -0.3 is 10.5 Å². The third kappa shape index (κ3) is 3.61. The zero-order valence-electron chi connectivity index (χ0n) is 12.1. The van der Waals surface area contributed by atoms with E-state index in [0.717, 1.165) is 10.7 Å². The SMILES string of the molecule is CCC(C)(C)Oc1ccc(S(=O)(=O)N(C)C)cc1N. The van der Waals surface area contributed by atoms with E-state index in [1.807, 2.05) is 20.8 Å². The van der Waals surface area contributed by atoms with Gasteiger partial charge in [-0.25, -0.2) is 12.7 Å². The Morgan fingerprint density at radius 1 is 1.32 bits per heavy atom. The Morgan fingerprint density at radius 2 is 1.89 bits per heavy atom. The average Bonchev–Trinajstić information content (AvgIpc) is 2.31. The van der Waals surface area contributed by atoms with Crippen molar-refractivity contribution in [1.82, 2.24) is 4.31 Å². The molecule has 0 aliphatic rings. The largest absolute Gasteiger partial charge is 0.486 e. The highest BCUT2D eigenvalue weighted by atomic mass is 32.2. The lowest BCUT2D eigenvalue weighted by atomic mass is 10.1. The van der Waals surface area contributed by atoms with Crippen molar-refractivity contribution >= 4 is 15.7 Å². The van der Waals surface area contributed by atoms with Gasteiger partial charge in [-0.3, -0.25) is 0 Å². The molecule has 2 N–H and O–H groups in total. The van der Waals surface area contributed by atoms with Crippen LogP contribution in [-0.4, -0.2) is 32.4 Å². The highest BCUT2D eigenvalue weighted by Crippen LogP contribution is 2.29. The molecule has 0 aliphatic heterocycles. The molecule has 0 spiro atoms. The maximum absolute atomic E-state index is 12.0. The predicted molar refractivity (Wildman–Crippen MR) is 76.7 cm³/mol. The second kappa shape index (κ2) is 5.38. The van der Waals surface area contributed by atoms with Crippen molar-refractivity contribution in [2.45, 2.75) is 37.7 Å². The van der Waals surface area contributed by atoms with Gasteiger partial charge in [-0.2, -0.15) is 0 Å². The summed E-state index contributed by atoms with van der Waals surface area (Å²) in [6.07, 6.45) is 0.824. The van der Waals surface area contributed by atoms with E-state index in [1.165, 1.54) is 26.2 Å². The van der Waals surface area contributed by atoms with Crippen molar-refractivity contribution in [3.05, 3.63) is 18.2 Å². The fraction of sp³-hybridized carbons (Fsp3) is 0.538. The zero-order chi connectivity index (χ0) is 14.8. The number of hydrogen-bond donors (Lipinski definition) is 1. The van der Waals surface area contributed by atoms with Crippen LogP contribution in [0.15, 0.2) is 23.1 Å². The summed E-state index contributed by atoms with van der Waals surface area (Å²) in [5.74, 6) is 0.504. The van der Waals surface area contributed by atoms with Gasteiger partial charge in [0.1, 0.15) is 11.4 Å². The number of benzene rings is 1. The summed E-state index contributed by atoms with van der Waals surface area (Å²) in [7, 11) is -0.503.